The molecule has 1 rings (SSSR count). The molecule has 92 valence electrons. The number of ether oxygens (including phenoxy) is 1. The van der Waals surface area contributed by atoms with Crippen molar-refractivity contribution >= 4 is 11.9 Å². The molecule has 0 bridgehead atoms. The summed E-state index contributed by atoms with van der Waals surface area (Å²) < 4.78 is 4.99. The second kappa shape index (κ2) is 6.68. The van der Waals surface area contributed by atoms with Gasteiger partial charge in [0.2, 0.25) is 0 Å². The fourth-order valence-corrected chi connectivity index (χ4v) is 1.30. The van der Waals surface area contributed by atoms with Crippen molar-refractivity contribution < 1.29 is 14.3 Å². The van der Waals surface area contributed by atoms with Crippen molar-refractivity contribution in [3.05, 3.63) is 35.4 Å². The second-order valence-electron chi connectivity index (χ2n) is 3.57. The minimum absolute atomic E-state index is 0.138. The van der Waals surface area contributed by atoms with E-state index in [9.17, 15) is 9.59 Å². The lowest BCUT2D eigenvalue weighted by atomic mass is 10.1. The highest BCUT2D eigenvalue weighted by atomic mass is 16.5. The number of benzene rings is 1. The lowest BCUT2D eigenvalue weighted by Crippen LogP contribution is -2.22. The standard InChI is InChI=1S/C13H17NO3/c1-3-9-17-13(16)11-7-5-10(6-8-11)12(15)14-4-2/h5-8H,3-4,9H2,1-2H3,(H,14,15). The SMILES string of the molecule is CCCOC(=O)c1ccc(C(=O)NCC)cc1. The molecular weight excluding hydrogens is 218 g/mol. The van der Waals surface area contributed by atoms with Gasteiger partial charge in [-0.2, -0.15) is 0 Å². The first-order chi connectivity index (χ1) is 8.19. The van der Waals surface area contributed by atoms with Crippen LogP contribution in [0.15, 0.2) is 24.3 Å². The van der Waals surface area contributed by atoms with Gasteiger partial charge in [-0.1, -0.05) is 6.92 Å². The van der Waals surface area contributed by atoms with Gasteiger partial charge in [-0.15, -0.1) is 0 Å². The van der Waals surface area contributed by atoms with E-state index in [0.717, 1.165) is 6.42 Å². The number of carbonyl (C=O) groups is 2. The Hall–Kier alpha value is -1.84. The quantitative estimate of drug-likeness (QED) is 0.794. The molecule has 1 N–H and O–H groups in total. The number of carbonyl (C=O) groups excluding carboxylic acids is 2. The zero-order chi connectivity index (χ0) is 12.7. The van der Waals surface area contributed by atoms with E-state index in [2.05, 4.69) is 5.32 Å². The molecule has 0 saturated carbocycles. The van der Waals surface area contributed by atoms with E-state index in [1.165, 1.54) is 0 Å². The molecular formula is C13H17NO3. The maximum Gasteiger partial charge on any atom is 0.338 e. The van der Waals surface area contributed by atoms with Gasteiger partial charge in [-0.05, 0) is 37.6 Å². The van der Waals surface area contributed by atoms with Crippen LogP contribution in [0.2, 0.25) is 0 Å². The number of rotatable bonds is 5. The van der Waals surface area contributed by atoms with Crippen LogP contribution in [0.1, 0.15) is 41.0 Å². The molecule has 0 unspecified atom stereocenters. The normalized spacial score (nSPS) is 9.76. The topological polar surface area (TPSA) is 55.4 Å². The third kappa shape index (κ3) is 3.90. The first-order valence-corrected chi connectivity index (χ1v) is 5.74. The van der Waals surface area contributed by atoms with Gasteiger partial charge in [-0.25, -0.2) is 4.79 Å². The van der Waals surface area contributed by atoms with Crippen LogP contribution in [0.25, 0.3) is 0 Å². The summed E-state index contributed by atoms with van der Waals surface area (Å²) in [6, 6.07) is 6.44. The summed E-state index contributed by atoms with van der Waals surface area (Å²) in [5.74, 6) is -0.490. The smallest absolute Gasteiger partial charge is 0.338 e. The summed E-state index contributed by atoms with van der Waals surface area (Å²) in [6.45, 7) is 4.79. The van der Waals surface area contributed by atoms with E-state index >= 15 is 0 Å². The van der Waals surface area contributed by atoms with E-state index in [-0.39, 0.29) is 11.9 Å². The molecule has 4 nitrogen and oxygen atoms in total. The Balaban J connectivity index is 2.67. The van der Waals surface area contributed by atoms with Gasteiger partial charge in [0.15, 0.2) is 0 Å². The van der Waals surface area contributed by atoms with Crippen LogP contribution < -0.4 is 5.32 Å². The van der Waals surface area contributed by atoms with Crippen molar-refractivity contribution in [1.29, 1.82) is 0 Å². The maximum absolute atomic E-state index is 11.5. The average Bonchev–Trinajstić information content (AvgIpc) is 2.36. The number of hydrogen-bond donors (Lipinski definition) is 1. The van der Waals surface area contributed by atoms with Crippen LogP contribution >= 0.6 is 0 Å². The Labute approximate surface area is 101 Å². The molecule has 4 heteroatoms. The Morgan fingerprint density at radius 3 is 2.24 bits per heavy atom. The summed E-state index contributed by atoms with van der Waals surface area (Å²) in [5, 5.41) is 2.69. The lowest BCUT2D eigenvalue weighted by molar-refractivity contribution is 0.0505. The fourth-order valence-electron chi connectivity index (χ4n) is 1.30. The van der Waals surface area contributed by atoms with Crippen molar-refractivity contribution in [2.24, 2.45) is 0 Å². The minimum atomic E-state index is -0.353. The summed E-state index contributed by atoms with van der Waals surface area (Å²) in [5.41, 5.74) is 1.00. The van der Waals surface area contributed by atoms with Crippen LogP contribution in [0.4, 0.5) is 0 Å². The van der Waals surface area contributed by atoms with Crippen molar-refractivity contribution in [2.45, 2.75) is 20.3 Å². The maximum atomic E-state index is 11.5. The Morgan fingerprint density at radius 2 is 1.71 bits per heavy atom. The molecule has 0 aliphatic carbocycles. The molecule has 1 amide bonds. The summed E-state index contributed by atoms with van der Waals surface area (Å²) in [6.07, 6.45) is 0.794. The molecule has 0 radical (unpaired) electrons. The van der Waals surface area contributed by atoms with Crippen molar-refractivity contribution in [2.75, 3.05) is 13.2 Å². The van der Waals surface area contributed by atoms with Crippen LogP contribution in [-0.4, -0.2) is 25.0 Å². The summed E-state index contributed by atoms with van der Waals surface area (Å²) in [7, 11) is 0. The van der Waals surface area contributed by atoms with Crippen molar-refractivity contribution in [3.63, 3.8) is 0 Å². The molecule has 0 heterocycles. The van der Waals surface area contributed by atoms with Crippen LogP contribution in [-0.2, 0) is 4.74 Å². The average molecular weight is 235 g/mol. The third-order valence-corrected chi connectivity index (χ3v) is 2.16. The number of amides is 1. The van der Waals surface area contributed by atoms with Crippen molar-refractivity contribution in [3.8, 4) is 0 Å². The number of hydrogen-bond acceptors (Lipinski definition) is 3. The Morgan fingerprint density at radius 1 is 1.12 bits per heavy atom. The van der Waals surface area contributed by atoms with Crippen LogP contribution in [0.3, 0.4) is 0 Å². The van der Waals surface area contributed by atoms with E-state index in [1.807, 2.05) is 13.8 Å². The van der Waals surface area contributed by atoms with Gasteiger partial charge in [0.05, 0.1) is 12.2 Å². The Bertz CT molecular complexity index is 384. The number of esters is 1. The van der Waals surface area contributed by atoms with E-state index in [0.29, 0.717) is 24.3 Å². The molecule has 0 aromatic heterocycles. The van der Waals surface area contributed by atoms with E-state index < -0.39 is 0 Å². The van der Waals surface area contributed by atoms with E-state index in [1.54, 1.807) is 24.3 Å². The molecule has 0 saturated heterocycles. The van der Waals surface area contributed by atoms with Crippen LogP contribution in [0.5, 0.6) is 0 Å². The van der Waals surface area contributed by atoms with Gasteiger partial charge < -0.3 is 10.1 Å². The zero-order valence-corrected chi connectivity index (χ0v) is 10.2. The third-order valence-electron chi connectivity index (χ3n) is 2.16. The number of nitrogens with one attached hydrogen (secondary N) is 1. The highest BCUT2D eigenvalue weighted by Crippen LogP contribution is 2.06. The van der Waals surface area contributed by atoms with Gasteiger partial charge in [0.1, 0.15) is 0 Å². The lowest BCUT2D eigenvalue weighted by Gasteiger charge is -2.04. The van der Waals surface area contributed by atoms with Crippen LogP contribution in [0, 0.1) is 0 Å². The zero-order valence-electron chi connectivity index (χ0n) is 10.2. The van der Waals surface area contributed by atoms with Gasteiger partial charge in [-0.3, -0.25) is 4.79 Å². The molecule has 0 aliphatic heterocycles. The molecule has 0 atom stereocenters. The monoisotopic (exact) mass is 235 g/mol. The second-order valence-corrected chi connectivity index (χ2v) is 3.57. The minimum Gasteiger partial charge on any atom is -0.462 e. The first kappa shape index (κ1) is 13.2. The molecule has 1 aromatic rings. The van der Waals surface area contributed by atoms with Gasteiger partial charge in [0.25, 0.3) is 5.91 Å². The molecule has 0 fully saturated rings. The predicted octanol–water partition coefficient (Wildman–Crippen LogP) is 2.00. The highest BCUT2D eigenvalue weighted by Gasteiger charge is 2.08. The van der Waals surface area contributed by atoms with Crippen molar-refractivity contribution in [1.82, 2.24) is 5.32 Å². The highest BCUT2D eigenvalue weighted by molar-refractivity contribution is 5.96. The summed E-state index contributed by atoms with van der Waals surface area (Å²) in [4.78, 5) is 23.0. The molecule has 1 aromatic carbocycles. The van der Waals surface area contributed by atoms with Gasteiger partial charge >= 0.3 is 5.97 Å². The first-order valence-electron chi connectivity index (χ1n) is 5.74. The Kier molecular flexibility index (Phi) is 5.20. The molecule has 0 spiro atoms. The largest absolute Gasteiger partial charge is 0.462 e. The molecule has 17 heavy (non-hydrogen) atoms. The summed E-state index contributed by atoms with van der Waals surface area (Å²) >= 11 is 0. The predicted molar refractivity (Wildman–Crippen MR) is 65.0 cm³/mol. The fraction of sp³-hybridized carbons (Fsp3) is 0.385. The van der Waals surface area contributed by atoms with Gasteiger partial charge in [0, 0.05) is 12.1 Å². The van der Waals surface area contributed by atoms with E-state index in [4.69, 9.17) is 4.74 Å². The molecule has 0 aliphatic rings.